The number of carbonyl (C=O) groups excluding carboxylic acids is 2. The number of amides is 2. The van der Waals surface area contributed by atoms with E-state index >= 15 is 0 Å². The largest absolute Gasteiger partial charge is 0.467 e. The Labute approximate surface area is 140 Å². The highest BCUT2D eigenvalue weighted by molar-refractivity contribution is 6.30. The molecule has 122 valence electrons. The van der Waals surface area contributed by atoms with Crippen molar-refractivity contribution in [2.24, 2.45) is 5.92 Å². The summed E-state index contributed by atoms with van der Waals surface area (Å²) in [4.78, 5) is 24.6. The highest BCUT2D eigenvalue weighted by atomic mass is 35.5. The first kappa shape index (κ1) is 17.1. The quantitative estimate of drug-likeness (QED) is 0.853. The fourth-order valence-corrected chi connectivity index (χ4v) is 2.18. The molecule has 1 aromatic heterocycles. The number of furan rings is 1. The van der Waals surface area contributed by atoms with Gasteiger partial charge in [-0.1, -0.05) is 25.4 Å². The maximum atomic E-state index is 12.3. The van der Waals surface area contributed by atoms with Gasteiger partial charge in [-0.2, -0.15) is 0 Å². The summed E-state index contributed by atoms with van der Waals surface area (Å²) in [6.07, 6.45) is 1.55. The molecule has 1 aromatic carbocycles. The molecule has 23 heavy (non-hydrogen) atoms. The van der Waals surface area contributed by atoms with Crippen molar-refractivity contribution in [1.29, 1.82) is 0 Å². The zero-order valence-electron chi connectivity index (χ0n) is 13.0. The van der Waals surface area contributed by atoms with Crippen molar-refractivity contribution < 1.29 is 14.0 Å². The number of nitrogens with one attached hydrogen (secondary N) is 2. The molecule has 0 aliphatic carbocycles. The Kier molecular flexibility index (Phi) is 5.82. The third-order valence-electron chi connectivity index (χ3n) is 3.36. The highest BCUT2D eigenvalue weighted by Gasteiger charge is 2.24. The second kappa shape index (κ2) is 7.83. The van der Waals surface area contributed by atoms with Gasteiger partial charge in [-0.05, 0) is 42.3 Å². The first-order chi connectivity index (χ1) is 11.0. The van der Waals surface area contributed by atoms with E-state index in [9.17, 15) is 9.59 Å². The summed E-state index contributed by atoms with van der Waals surface area (Å²) < 4.78 is 5.17. The molecule has 0 radical (unpaired) electrons. The van der Waals surface area contributed by atoms with E-state index in [2.05, 4.69) is 10.6 Å². The van der Waals surface area contributed by atoms with Gasteiger partial charge < -0.3 is 15.1 Å². The van der Waals surface area contributed by atoms with Gasteiger partial charge in [0.15, 0.2) is 0 Å². The van der Waals surface area contributed by atoms with Gasteiger partial charge in [0.2, 0.25) is 5.91 Å². The van der Waals surface area contributed by atoms with Gasteiger partial charge in [0, 0.05) is 10.6 Å². The van der Waals surface area contributed by atoms with Crippen molar-refractivity contribution in [3.05, 3.63) is 59.0 Å². The molecule has 0 aliphatic heterocycles. The Morgan fingerprint density at radius 3 is 2.43 bits per heavy atom. The average Bonchev–Trinajstić information content (AvgIpc) is 3.03. The molecule has 2 N–H and O–H groups in total. The van der Waals surface area contributed by atoms with Crippen LogP contribution >= 0.6 is 11.6 Å². The summed E-state index contributed by atoms with van der Waals surface area (Å²) in [6, 6.07) is 9.41. The number of hydrogen-bond donors (Lipinski definition) is 2. The molecule has 0 aliphatic rings. The van der Waals surface area contributed by atoms with E-state index in [0.29, 0.717) is 16.3 Å². The van der Waals surface area contributed by atoms with E-state index in [1.54, 1.807) is 42.7 Å². The minimum atomic E-state index is -0.631. The lowest BCUT2D eigenvalue weighted by molar-refractivity contribution is -0.124. The summed E-state index contributed by atoms with van der Waals surface area (Å²) in [6.45, 7) is 4.03. The third kappa shape index (κ3) is 4.86. The molecule has 0 bridgehead atoms. The molecule has 0 saturated carbocycles. The fourth-order valence-electron chi connectivity index (χ4n) is 2.06. The zero-order chi connectivity index (χ0) is 16.8. The number of rotatable bonds is 6. The topological polar surface area (TPSA) is 71.3 Å². The lowest BCUT2D eigenvalue weighted by Crippen LogP contribution is -2.49. The predicted octanol–water partition coefficient (Wildman–Crippen LogP) is 3.00. The molecular formula is C17H19ClN2O3. The van der Waals surface area contributed by atoms with Crippen molar-refractivity contribution >= 4 is 23.4 Å². The van der Waals surface area contributed by atoms with Crippen molar-refractivity contribution in [2.75, 3.05) is 0 Å². The van der Waals surface area contributed by atoms with E-state index < -0.39 is 6.04 Å². The normalized spacial score (nSPS) is 12.0. The fraction of sp³-hybridized carbons (Fsp3) is 0.294. The second-order valence-corrected chi connectivity index (χ2v) is 5.94. The predicted molar refractivity (Wildman–Crippen MR) is 88.1 cm³/mol. The van der Waals surface area contributed by atoms with E-state index in [4.69, 9.17) is 16.0 Å². The van der Waals surface area contributed by atoms with Crippen LogP contribution in [-0.2, 0) is 11.3 Å². The minimum Gasteiger partial charge on any atom is -0.467 e. The lowest BCUT2D eigenvalue weighted by atomic mass is 10.0. The maximum absolute atomic E-state index is 12.3. The smallest absolute Gasteiger partial charge is 0.251 e. The molecule has 2 amide bonds. The summed E-state index contributed by atoms with van der Waals surface area (Å²) in [5.74, 6) is 0.0416. The van der Waals surface area contributed by atoms with Gasteiger partial charge in [0.25, 0.3) is 5.91 Å². The highest BCUT2D eigenvalue weighted by Crippen LogP contribution is 2.11. The third-order valence-corrected chi connectivity index (χ3v) is 3.61. The molecule has 2 rings (SSSR count). The van der Waals surface area contributed by atoms with Gasteiger partial charge in [-0.25, -0.2) is 0 Å². The summed E-state index contributed by atoms with van der Waals surface area (Å²) in [5.41, 5.74) is 0.457. The molecule has 0 saturated heterocycles. The van der Waals surface area contributed by atoms with Gasteiger partial charge in [0.1, 0.15) is 11.8 Å². The van der Waals surface area contributed by atoms with Crippen LogP contribution in [0.3, 0.4) is 0 Å². The SMILES string of the molecule is CC(C)[C@H](NC(=O)c1ccc(Cl)cc1)C(=O)NCc1ccco1. The first-order valence-corrected chi connectivity index (χ1v) is 7.71. The molecule has 0 fully saturated rings. The minimum absolute atomic E-state index is 0.0529. The number of benzene rings is 1. The van der Waals surface area contributed by atoms with E-state index in [1.165, 1.54) is 0 Å². The van der Waals surface area contributed by atoms with E-state index in [0.717, 1.165) is 0 Å². The van der Waals surface area contributed by atoms with Gasteiger partial charge in [-0.15, -0.1) is 0 Å². The Hall–Kier alpha value is -2.27. The molecular weight excluding hydrogens is 316 g/mol. The molecule has 5 nitrogen and oxygen atoms in total. The summed E-state index contributed by atoms with van der Waals surface area (Å²) >= 11 is 5.81. The van der Waals surface area contributed by atoms with Crippen LogP contribution in [0.1, 0.15) is 30.0 Å². The molecule has 1 heterocycles. The van der Waals surface area contributed by atoms with Gasteiger partial charge in [0.05, 0.1) is 12.8 Å². The van der Waals surface area contributed by atoms with Crippen LogP contribution in [0.4, 0.5) is 0 Å². The standard InChI is InChI=1S/C17H19ClN2O3/c1-11(2)15(17(22)19-10-14-4-3-9-23-14)20-16(21)12-5-7-13(18)8-6-12/h3-9,11,15H,10H2,1-2H3,(H,19,22)(H,20,21)/t15-/m0/s1. The number of halogens is 1. The number of carbonyl (C=O) groups is 2. The van der Waals surface area contributed by atoms with Crippen LogP contribution in [0.2, 0.25) is 5.02 Å². The lowest BCUT2D eigenvalue weighted by Gasteiger charge is -2.21. The van der Waals surface area contributed by atoms with Crippen LogP contribution in [0.15, 0.2) is 47.1 Å². The van der Waals surface area contributed by atoms with Crippen molar-refractivity contribution in [3.8, 4) is 0 Å². The van der Waals surface area contributed by atoms with Gasteiger partial charge >= 0.3 is 0 Å². The first-order valence-electron chi connectivity index (χ1n) is 7.34. The van der Waals surface area contributed by atoms with Crippen molar-refractivity contribution in [1.82, 2.24) is 10.6 Å². The molecule has 2 aromatic rings. The van der Waals surface area contributed by atoms with Crippen molar-refractivity contribution in [3.63, 3.8) is 0 Å². The average molecular weight is 335 g/mol. The Balaban J connectivity index is 1.98. The van der Waals surface area contributed by atoms with E-state index in [1.807, 2.05) is 13.8 Å². The Bertz CT molecular complexity index is 651. The monoisotopic (exact) mass is 334 g/mol. The van der Waals surface area contributed by atoms with Crippen LogP contribution < -0.4 is 10.6 Å². The number of hydrogen-bond acceptors (Lipinski definition) is 3. The Morgan fingerprint density at radius 2 is 1.87 bits per heavy atom. The van der Waals surface area contributed by atoms with Crippen LogP contribution in [0.25, 0.3) is 0 Å². The molecule has 0 spiro atoms. The molecule has 0 unspecified atom stereocenters. The van der Waals surface area contributed by atoms with Crippen molar-refractivity contribution in [2.45, 2.75) is 26.4 Å². The summed E-state index contributed by atoms with van der Waals surface area (Å²) in [7, 11) is 0. The van der Waals surface area contributed by atoms with Crippen LogP contribution in [0, 0.1) is 5.92 Å². The molecule has 1 atom stereocenters. The van der Waals surface area contributed by atoms with E-state index in [-0.39, 0.29) is 24.3 Å². The second-order valence-electron chi connectivity index (χ2n) is 5.50. The maximum Gasteiger partial charge on any atom is 0.251 e. The van der Waals surface area contributed by atoms with Crippen LogP contribution in [-0.4, -0.2) is 17.9 Å². The Morgan fingerprint density at radius 1 is 1.17 bits per heavy atom. The zero-order valence-corrected chi connectivity index (χ0v) is 13.8. The molecule has 6 heteroatoms. The van der Waals surface area contributed by atoms with Crippen LogP contribution in [0.5, 0.6) is 0 Å². The van der Waals surface area contributed by atoms with Gasteiger partial charge in [-0.3, -0.25) is 9.59 Å². The summed E-state index contributed by atoms with van der Waals surface area (Å²) in [5, 5.41) is 6.08.